The normalized spacial score (nSPS) is 13.0. The summed E-state index contributed by atoms with van der Waals surface area (Å²) in [5, 5.41) is 0. The second-order valence-electron chi connectivity index (χ2n) is 5.46. The summed E-state index contributed by atoms with van der Waals surface area (Å²) in [6.07, 6.45) is 3.30. The van der Waals surface area contributed by atoms with E-state index in [4.69, 9.17) is 4.74 Å². The first-order valence-corrected chi connectivity index (χ1v) is 7.17. The van der Waals surface area contributed by atoms with Gasteiger partial charge in [-0.1, -0.05) is 18.2 Å². The lowest BCUT2D eigenvalue weighted by Crippen LogP contribution is -2.12. The molecule has 0 atom stereocenters. The lowest BCUT2D eigenvalue weighted by Gasteiger charge is -2.08. The predicted molar refractivity (Wildman–Crippen MR) is 79.4 cm³/mol. The number of hydrogen-bond donors (Lipinski definition) is 0. The zero-order valence-electron chi connectivity index (χ0n) is 12.0. The van der Waals surface area contributed by atoms with Gasteiger partial charge < -0.3 is 4.74 Å². The van der Waals surface area contributed by atoms with Crippen LogP contribution in [0.25, 0.3) is 0 Å². The van der Waals surface area contributed by atoms with Gasteiger partial charge in [0, 0.05) is 11.6 Å². The highest BCUT2D eigenvalue weighted by Gasteiger charge is 2.14. The maximum atomic E-state index is 13.4. The number of hydrogen-bond acceptors (Lipinski definition) is 2. The van der Waals surface area contributed by atoms with Crippen molar-refractivity contribution in [3.63, 3.8) is 0 Å². The van der Waals surface area contributed by atoms with Gasteiger partial charge in [0.2, 0.25) is 0 Å². The smallest absolute Gasteiger partial charge is 0.200 e. The number of carbonyl (C=O) groups is 1. The maximum Gasteiger partial charge on any atom is 0.200 e. The lowest BCUT2D eigenvalue weighted by atomic mass is 10.0. The summed E-state index contributed by atoms with van der Waals surface area (Å²) in [4.78, 5) is 12.2. The van der Waals surface area contributed by atoms with Crippen LogP contribution in [-0.2, 0) is 12.8 Å². The van der Waals surface area contributed by atoms with Gasteiger partial charge in [0.05, 0.1) is 0 Å². The third-order valence-electron chi connectivity index (χ3n) is 3.93. The highest BCUT2D eigenvalue weighted by molar-refractivity contribution is 5.97. The molecule has 3 heteroatoms. The fraction of sp³-hybridized carbons (Fsp3) is 0.278. The molecule has 0 radical (unpaired) electrons. The van der Waals surface area contributed by atoms with E-state index in [2.05, 4.69) is 0 Å². The number of carbonyl (C=O) groups excluding carboxylic acids is 1. The van der Waals surface area contributed by atoms with Crippen molar-refractivity contribution in [1.29, 1.82) is 0 Å². The molecule has 0 saturated heterocycles. The Morgan fingerprint density at radius 2 is 1.95 bits per heavy atom. The molecule has 3 rings (SSSR count). The van der Waals surface area contributed by atoms with Gasteiger partial charge in [-0.2, -0.15) is 0 Å². The molecule has 0 unspecified atom stereocenters. The van der Waals surface area contributed by atoms with Gasteiger partial charge in [-0.3, -0.25) is 4.79 Å². The Balaban J connectivity index is 1.67. The standard InChI is InChI=1S/C18H17FO2/c1-12-5-8-16(10-17(12)19)21-11-18(20)15-7-6-13-3-2-4-14(13)9-15/h5-10H,2-4,11H2,1H3. The lowest BCUT2D eigenvalue weighted by molar-refractivity contribution is 0.0921. The van der Waals surface area contributed by atoms with Gasteiger partial charge in [-0.25, -0.2) is 4.39 Å². The van der Waals surface area contributed by atoms with Crippen molar-refractivity contribution < 1.29 is 13.9 Å². The molecular weight excluding hydrogens is 267 g/mol. The number of aryl methyl sites for hydroxylation is 3. The van der Waals surface area contributed by atoms with Crippen LogP contribution in [0, 0.1) is 12.7 Å². The van der Waals surface area contributed by atoms with E-state index in [1.807, 2.05) is 18.2 Å². The SMILES string of the molecule is Cc1ccc(OCC(=O)c2ccc3c(c2)CCC3)cc1F. The first-order chi connectivity index (χ1) is 10.1. The first-order valence-electron chi connectivity index (χ1n) is 7.17. The molecule has 0 fully saturated rings. The van der Waals surface area contributed by atoms with Gasteiger partial charge in [-0.15, -0.1) is 0 Å². The minimum atomic E-state index is -0.322. The minimum absolute atomic E-state index is 0.0682. The average Bonchev–Trinajstić information content (AvgIpc) is 2.95. The van der Waals surface area contributed by atoms with Crippen LogP contribution < -0.4 is 4.74 Å². The molecule has 1 aliphatic rings. The number of Topliss-reactive ketones (excluding diaryl/α,β-unsaturated/α-hetero) is 1. The monoisotopic (exact) mass is 284 g/mol. The van der Waals surface area contributed by atoms with Gasteiger partial charge in [-0.05, 0) is 55.0 Å². The molecule has 2 nitrogen and oxygen atoms in total. The number of rotatable bonds is 4. The van der Waals surface area contributed by atoms with Crippen LogP contribution in [0.1, 0.15) is 33.5 Å². The molecule has 21 heavy (non-hydrogen) atoms. The van der Waals surface area contributed by atoms with Crippen molar-refractivity contribution in [2.24, 2.45) is 0 Å². The van der Waals surface area contributed by atoms with E-state index in [1.54, 1.807) is 19.1 Å². The molecule has 0 amide bonds. The number of ether oxygens (including phenoxy) is 1. The van der Waals surface area contributed by atoms with Crippen molar-refractivity contribution in [2.75, 3.05) is 6.61 Å². The average molecular weight is 284 g/mol. The van der Waals surface area contributed by atoms with Crippen LogP contribution in [-0.4, -0.2) is 12.4 Å². The summed E-state index contributed by atoms with van der Waals surface area (Å²) >= 11 is 0. The van der Waals surface area contributed by atoms with Crippen LogP contribution in [0.5, 0.6) is 5.75 Å². The van der Waals surface area contributed by atoms with Gasteiger partial charge in [0.1, 0.15) is 11.6 Å². The number of ketones is 1. The fourth-order valence-electron chi connectivity index (χ4n) is 2.64. The highest BCUT2D eigenvalue weighted by atomic mass is 19.1. The second kappa shape index (κ2) is 5.68. The molecule has 0 aliphatic heterocycles. The molecular formula is C18H17FO2. The minimum Gasteiger partial charge on any atom is -0.485 e. The zero-order chi connectivity index (χ0) is 14.8. The topological polar surface area (TPSA) is 26.3 Å². The molecule has 0 heterocycles. The van der Waals surface area contributed by atoms with E-state index >= 15 is 0 Å². The third kappa shape index (κ3) is 2.97. The Bertz CT molecular complexity index is 692. The van der Waals surface area contributed by atoms with Gasteiger partial charge >= 0.3 is 0 Å². The summed E-state index contributed by atoms with van der Waals surface area (Å²) in [5.74, 6) is -0.0178. The number of benzene rings is 2. The van der Waals surface area contributed by atoms with E-state index in [9.17, 15) is 9.18 Å². The second-order valence-corrected chi connectivity index (χ2v) is 5.46. The number of halogens is 1. The van der Waals surface area contributed by atoms with Crippen LogP contribution in [0.4, 0.5) is 4.39 Å². The maximum absolute atomic E-state index is 13.4. The first kappa shape index (κ1) is 13.8. The Morgan fingerprint density at radius 1 is 1.14 bits per heavy atom. The van der Waals surface area contributed by atoms with E-state index < -0.39 is 0 Å². The van der Waals surface area contributed by atoms with E-state index in [0.717, 1.165) is 19.3 Å². The van der Waals surface area contributed by atoms with E-state index in [-0.39, 0.29) is 18.2 Å². The number of fused-ring (bicyclic) bond motifs is 1. The van der Waals surface area contributed by atoms with E-state index in [0.29, 0.717) is 16.9 Å². The largest absolute Gasteiger partial charge is 0.485 e. The quantitative estimate of drug-likeness (QED) is 0.796. The molecule has 108 valence electrons. The molecule has 0 bridgehead atoms. The van der Waals surface area contributed by atoms with Crippen molar-refractivity contribution in [3.8, 4) is 5.75 Å². The summed E-state index contributed by atoms with van der Waals surface area (Å²) in [7, 11) is 0. The Morgan fingerprint density at radius 3 is 2.76 bits per heavy atom. The molecule has 0 spiro atoms. The molecule has 0 N–H and O–H groups in total. The Hall–Kier alpha value is -2.16. The summed E-state index contributed by atoms with van der Waals surface area (Å²) in [6, 6.07) is 10.5. The van der Waals surface area contributed by atoms with E-state index in [1.165, 1.54) is 17.2 Å². The summed E-state index contributed by atoms with van der Waals surface area (Å²) in [6.45, 7) is 1.62. The molecule has 2 aromatic carbocycles. The zero-order valence-corrected chi connectivity index (χ0v) is 12.0. The molecule has 0 aromatic heterocycles. The summed E-state index contributed by atoms with van der Waals surface area (Å²) in [5.41, 5.74) is 3.84. The van der Waals surface area contributed by atoms with Gasteiger partial charge in [0.15, 0.2) is 12.4 Å². The Labute approximate surface area is 123 Å². The van der Waals surface area contributed by atoms with Crippen LogP contribution in [0.2, 0.25) is 0 Å². The molecule has 0 saturated carbocycles. The van der Waals surface area contributed by atoms with Crippen molar-refractivity contribution in [1.82, 2.24) is 0 Å². The van der Waals surface area contributed by atoms with Crippen molar-refractivity contribution in [3.05, 3.63) is 64.5 Å². The van der Waals surface area contributed by atoms with Crippen molar-refractivity contribution in [2.45, 2.75) is 26.2 Å². The van der Waals surface area contributed by atoms with Crippen LogP contribution >= 0.6 is 0 Å². The summed E-state index contributed by atoms with van der Waals surface area (Å²) < 4.78 is 18.8. The fourth-order valence-corrected chi connectivity index (χ4v) is 2.64. The van der Waals surface area contributed by atoms with Gasteiger partial charge in [0.25, 0.3) is 0 Å². The molecule has 2 aromatic rings. The highest BCUT2D eigenvalue weighted by Crippen LogP contribution is 2.23. The molecule has 1 aliphatic carbocycles. The van der Waals surface area contributed by atoms with Crippen LogP contribution in [0.3, 0.4) is 0 Å². The third-order valence-corrected chi connectivity index (χ3v) is 3.93. The van der Waals surface area contributed by atoms with Crippen LogP contribution in [0.15, 0.2) is 36.4 Å². The predicted octanol–water partition coefficient (Wildman–Crippen LogP) is 3.88. The Kier molecular flexibility index (Phi) is 3.74. The van der Waals surface area contributed by atoms with Crippen molar-refractivity contribution >= 4 is 5.78 Å².